The fourth-order valence-corrected chi connectivity index (χ4v) is 5.66. The summed E-state index contributed by atoms with van der Waals surface area (Å²) in [5, 5.41) is 21.4. The van der Waals surface area contributed by atoms with E-state index in [2.05, 4.69) is 53.9 Å². The van der Waals surface area contributed by atoms with Gasteiger partial charge in [0.15, 0.2) is 0 Å². The molecule has 7 nitrogen and oxygen atoms in total. The summed E-state index contributed by atoms with van der Waals surface area (Å²) in [7, 11) is 0. The predicted molar refractivity (Wildman–Crippen MR) is 137 cm³/mol. The average Bonchev–Trinajstić information content (AvgIpc) is 2.84. The molecule has 0 bridgehead atoms. The van der Waals surface area contributed by atoms with Crippen molar-refractivity contribution >= 4 is 23.5 Å². The molecule has 2 heterocycles. The predicted octanol–water partition coefficient (Wildman–Crippen LogP) is 4.56. The summed E-state index contributed by atoms with van der Waals surface area (Å²) >= 11 is 5.74. The van der Waals surface area contributed by atoms with E-state index in [1.807, 2.05) is 13.0 Å². The van der Waals surface area contributed by atoms with E-state index in [1.165, 1.54) is 0 Å². The van der Waals surface area contributed by atoms with E-state index in [0.29, 0.717) is 28.0 Å². The number of nitrogens with one attached hydrogen (secondary N) is 1. The number of hydrogen-bond acceptors (Lipinski definition) is 6. The summed E-state index contributed by atoms with van der Waals surface area (Å²) in [5.74, 6) is 0.948. The largest absolute Gasteiger partial charge is 1.00 e. The minimum atomic E-state index is -0.101. The zero-order valence-electron chi connectivity index (χ0n) is 21.6. The normalized spacial score (nSPS) is 18.6. The molecule has 4 rings (SSSR count). The first-order chi connectivity index (χ1) is 16.5. The van der Waals surface area contributed by atoms with Gasteiger partial charge in [0.2, 0.25) is 5.95 Å². The van der Waals surface area contributed by atoms with Crippen LogP contribution in [-0.2, 0) is 19.8 Å². The number of carbonyl (C=O) groups excluding carboxylic acids is 1. The van der Waals surface area contributed by atoms with Gasteiger partial charge < -0.3 is 15.3 Å². The third-order valence-corrected chi connectivity index (χ3v) is 7.53. The number of aromatic nitrogens is 2. The van der Waals surface area contributed by atoms with Crippen LogP contribution in [-0.4, -0.2) is 46.7 Å². The number of rotatable bonds is 4. The van der Waals surface area contributed by atoms with Gasteiger partial charge in [-0.2, -0.15) is 35.1 Å². The maximum Gasteiger partial charge on any atom is 1.00 e. The molecule has 1 aromatic carbocycles. The summed E-state index contributed by atoms with van der Waals surface area (Å²) in [6, 6.07) is 8.37. The molecule has 2 aromatic rings. The van der Waals surface area contributed by atoms with Crippen molar-refractivity contribution < 1.29 is 29.7 Å². The second-order valence-corrected chi connectivity index (χ2v) is 11.3. The van der Waals surface area contributed by atoms with Crippen molar-refractivity contribution in [2.75, 3.05) is 24.6 Å². The van der Waals surface area contributed by atoms with Gasteiger partial charge in [0.05, 0.1) is 11.6 Å². The number of hydrogen-bond donors (Lipinski definition) is 2. The Balaban J connectivity index is 0.000000350. The van der Waals surface area contributed by atoms with Crippen LogP contribution in [0.5, 0.6) is 0 Å². The number of nitrogens with zero attached hydrogens (tertiary/aromatic N) is 4. The number of aryl methyl sites for hydroxylation is 1. The third kappa shape index (κ3) is 7.03. The zero-order valence-corrected chi connectivity index (χ0v) is 24.9. The smallest absolute Gasteiger partial charge is 0.396 e. The van der Waals surface area contributed by atoms with Gasteiger partial charge in [-0.25, -0.2) is 9.97 Å². The summed E-state index contributed by atoms with van der Waals surface area (Å²) in [6.45, 7) is 12.5. The van der Waals surface area contributed by atoms with Crippen molar-refractivity contribution in [3.63, 3.8) is 0 Å². The van der Waals surface area contributed by atoms with Gasteiger partial charge in [-0.1, -0.05) is 34.6 Å². The fourth-order valence-electron chi connectivity index (χ4n) is 5.50. The van der Waals surface area contributed by atoms with E-state index in [1.54, 1.807) is 24.5 Å². The van der Waals surface area contributed by atoms with Gasteiger partial charge in [0.1, 0.15) is 0 Å². The van der Waals surface area contributed by atoms with Crippen molar-refractivity contribution in [3.8, 4) is 6.07 Å². The second kappa shape index (κ2) is 12.5. The Morgan fingerprint density at radius 3 is 2.31 bits per heavy atom. The summed E-state index contributed by atoms with van der Waals surface area (Å²) in [4.78, 5) is 23.5. The molecule has 195 valence electrons. The maximum atomic E-state index is 12.6. The van der Waals surface area contributed by atoms with Crippen LogP contribution >= 0.6 is 11.6 Å². The van der Waals surface area contributed by atoms with Crippen LogP contribution < -0.4 is 10.2 Å². The quantitative estimate of drug-likeness (QED) is 0.458. The Hall–Kier alpha value is -2.05. The number of amides is 1. The molecule has 2 fully saturated rings. The minimum Gasteiger partial charge on any atom is -0.396 e. The molecular weight excluding hydrogens is 652 g/mol. The molecule has 1 saturated carbocycles. The summed E-state index contributed by atoms with van der Waals surface area (Å²) in [6.07, 6.45) is 6.25. The second-order valence-electron chi connectivity index (χ2n) is 10.9. The van der Waals surface area contributed by atoms with E-state index < -0.39 is 0 Å². The molecular formula is C27H35ClN5O2Os. The first-order valence-corrected chi connectivity index (χ1v) is 12.4. The van der Waals surface area contributed by atoms with Crippen molar-refractivity contribution in [3.05, 3.63) is 52.3 Å². The molecule has 1 radical (unpaired) electrons. The maximum absolute atomic E-state index is 12.6. The van der Waals surface area contributed by atoms with Crippen LogP contribution in [0.2, 0.25) is 5.02 Å². The Morgan fingerprint density at radius 2 is 1.83 bits per heavy atom. The minimum absolute atomic E-state index is 0. The van der Waals surface area contributed by atoms with Gasteiger partial charge in [0, 0.05) is 38.1 Å². The molecule has 36 heavy (non-hydrogen) atoms. The summed E-state index contributed by atoms with van der Waals surface area (Å²) in [5.41, 5.74) is 2.08. The van der Waals surface area contributed by atoms with Gasteiger partial charge in [-0.05, 0) is 46.6 Å². The first kappa shape index (κ1) is 30.2. The topological polar surface area (TPSA) is 102 Å². The molecule has 2 N–H and O–H groups in total. The van der Waals surface area contributed by atoms with E-state index in [0.717, 1.165) is 37.9 Å². The molecule has 0 spiro atoms. The van der Waals surface area contributed by atoms with Crippen LogP contribution in [0.25, 0.3) is 0 Å². The number of aliphatic hydroxyl groups excluding tert-OH is 1. The third-order valence-electron chi connectivity index (χ3n) is 7.04. The number of nitriles is 1. The van der Waals surface area contributed by atoms with Crippen LogP contribution in [0.1, 0.15) is 68.4 Å². The zero-order chi connectivity index (χ0) is 25.8. The SMILES string of the molecule is CC1(C)CC(C)(C)C1NC(=O)c1cnc(N2CCC(CO)CC2)nc1.Cc1[c-]ccc(C#N)c1Cl.[Os+]. The van der Waals surface area contributed by atoms with Crippen molar-refractivity contribution in [2.24, 2.45) is 16.7 Å². The van der Waals surface area contributed by atoms with Crippen molar-refractivity contribution in [1.29, 1.82) is 5.26 Å². The van der Waals surface area contributed by atoms with Gasteiger partial charge in [-0.3, -0.25) is 4.79 Å². The Labute approximate surface area is 232 Å². The van der Waals surface area contributed by atoms with Crippen LogP contribution in [0.15, 0.2) is 24.5 Å². The Kier molecular flexibility index (Phi) is 10.4. The average molecular weight is 687 g/mol. The molecule has 1 saturated heterocycles. The molecule has 1 aromatic heterocycles. The van der Waals surface area contributed by atoms with E-state index in [4.69, 9.17) is 16.9 Å². The molecule has 1 amide bonds. The molecule has 1 aliphatic heterocycles. The van der Waals surface area contributed by atoms with E-state index in [9.17, 15) is 9.90 Å². The molecule has 0 atom stereocenters. The first-order valence-electron chi connectivity index (χ1n) is 12.0. The molecule has 2 aliphatic rings. The monoisotopic (exact) mass is 688 g/mol. The van der Waals surface area contributed by atoms with Crippen molar-refractivity contribution in [2.45, 2.75) is 59.9 Å². The summed E-state index contributed by atoms with van der Waals surface area (Å²) < 4.78 is 0. The van der Waals surface area contributed by atoms with Crippen LogP contribution in [0, 0.1) is 41.1 Å². The molecule has 0 unspecified atom stereocenters. The van der Waals surface area contributed by atoms with Gasteiger partial charge in [-0.15, -0.1) is 5.56 Å². The Morgan fingerprint density at radius 1 is 1.25 bits per heavy atom. The van der Waals surface area contributed by atoms with E-state index >= 15 is 0 Å². The number of carbonyl (C=O) groups is 1. The number of halogens is 1. The molecule has 1 aliphatic carbocycles. The number of benzene rings is 1. The Bertz CT molecular complexity index is 1060. The van der Waals surface area contributed by atoms with E-state index in [-0.39, 0.29) is 49.2 Å². The molecule has 9 heteroatoms. The number of piperidine rings is 1. The van der Waals surface area contributed by atoms with Crippen LogP contribution in [0.3, 0.4) is 0 Å². The number of aliphatic hydroxyl groups is 1. The van der Waals surface area contributed by atoms with Gasteiger partial charge in [0.25, 0.3) is 5.91 Å². The van der Waals surface area contributed by atoms with Gasteiger partial charge >= 0.3 is 19.8 Å². The van der Waals surface area contributed by atoms with Crippen molar-refractivity contribution in [1.82, 2.24) is 15.3 Å². The standard InChI is InChI=1S/C19H30N4O2.C8H5ClN.Os/c1-18(2)12-19(3,4)16(18)22-15(25)14-9-20-17(21-10-14)23-7-5-13(11-24)6-8-23;1-6-3-2-4-7(5-10)8(6)9;/h9-10,13,16,24H,5-8,11-12H2,1-4H3,(H,22,25);2,4H,1H3;/q;-1;+1. The number of anilines is 1. The van der Waals surface area contributed by atoms with Crippen LogP contribution in [0.4, 0.5) is 5.95 Å². The fraction of sp³-hybridized carbons (Fsp3) is 0.556.